The maximum atomic E-state index is 10.3. The minimum atomic E-state index is 0.339. The lowest BCUT2D eigenvalue weighted by Gasteiger charge is -2.15. The zero-order valence-electron chi connectivity index (χ0n) is 8.73. The van der Waals surface area contributed by atoms with Crippen LogP contribution in [-0.4, -0.2) is 30.4 Å². The summed E-state index contributed by atoms with van der Waals surface area (Å²) in [5.74, 6) is 0. The zero-order chi connectivity index (χ0) is 10.5. The number of benzene rings is 1. The first-order chi connectivity index (χ1) is 7.38. The van der Waals surface area contributed by atoms with Gasteiger partial charge in [0.2, 0.25) is 6.41 Å². The monoisotopic (exact) mass is 204 g/mol. The van der Waals surface area contributed by atoms with E-state index in [9.17, 15) is 4.79 Å². The molecule has 15 heavy (non-hydrogen) atoms. The van der Waals surface area contributed by atoms with Crippen molar-refractivity contribution in [2.75, 3.05) is 13.1 Å². The van der Waals surface area contributed by atoms with E-state index < -0.39 is 0 Å². The molecule has 1 aromatic rings. The topological polar surface area (TPSA) is 32.3 Å². The number of likely N-dealkylation sites (tertiary alicyclic amines) is 1. The Hall–Kier alpha value is -1.35. The minimum Gasteiger partial charge on any atom is -0.355 e. The second-order valence-electron chi connectivity index (χ2n) is 3.99. The predicted molar refractivity (Wildman–Crippen MR) is 59.3 cm³/mol. The molecule has 1 aromatic carbocycles. The fourth-order valence-electron chi connectivity index (χ4n) is 2.05. The molecular formula is C12H16N2O. The Balaban J connectivity index is 1.85. The van der Waals surface area contributed by atoms with Gasteiger partial charge in [-0.15, -0.1) is 0 Å². The lowest BCUT2D eigenvalue weighted by molar-refractivity contribution is -0.110. The normalized spacial score (nSPS) is 21.5. The third-order valence-electron chi connectivity index (χ3n) is 2.83. The number of amides is 1. The molecule has 0 saturated carbocycles. The molecule has 1 aliphatic heterocycles. The number of hydrogen-bond donors (Lipinski definition) is 1. The Morgan fingerprint density at radius 2 is 2.20 bits per heavy atom. The van der Waals surface area contributed by atoms with Gasteiger partial charge in [0, 0.05) is 25.7 Å². The van der Waals surface area contributed by atoms with Gasteiger partial charge < -0.3 is 5.32 Å². The number of nitrogens with one attached hydrogen (secondary N) is 1. The highest BCUT2D eigenvalue weighted by atomic mass is 16.1. The van der Waals surface area contributed by atoms with Crippen LogP contribution in [0.5, 0.6) is 0 Å². The summed E-state index contributed by atoms with van der Waals surface area (Å²) >= 11 is 0. The van der Waals surface area contributed by atoms with E-state index in [1.165, 1.54) is 5.56 Å². The van der Waals surface area contributed by atoms with E-state index in [-0.39, 0.29) is 0 Å². The van der Waals surface area contributed by atoms with Crippen LogP contribution in [0.4, 0.5) is 0 Å². The first-order valence-corrected chi connectivity index (χ1v) is 5.34. The minimum absolute atomic E-state index is 0.339. The van der Waals surface area contributed by atoms with Gasteiger partial charge >= 0.3 is 0 Å². The van der Waals surface area contributed by atoms with Crippen LogP contribution >= 0.6 is 0 Å². The number of carbonyl (C=O) groups excluding carboxylic acids is 1. The fourth-order valence-corrected chi connectivity index (χ4v) is 2.05. The Labute approximate surface area is 90.1 Å². The zero-order valence-corrected chi connectivity index (χ0v) is 8.73. The number of rotatable bonds is 4. The van der Waals surface area contributed by atoms with Crippen molar-refractivity contribution in [3.63, 3.8) is 0 Å². The van der Waals surface area contributed by atoms with Crippen LogP contribution < -0.4 is 5.32 Å². The molecule has 3 nitrogen and oxygen atoms in total. The molecule has 1 unspecified atom stereocenters. The maximum absolute atomic E-state index is 10.3. The van der Waals surface area contributed by atoms with E-state index in [2.05, 4.69) is 34.5 Å². The molecule has 1 heterocycles. The molecule has 1 atom stereocenters. The average Bonchev–Trinajstić information content (AvgIpc) is 2.68. The Morgan fingerprint density at radius 3 is 2.93 bits per heavy atom. The van der Waals surface area contributed by atoms with Crippen LogP contribution in [0.2, 0.25) is 0 Å². The van der Waals surface area contributed by atoms with Crippen LogP contribution in [0.15, 0.2) is 30.3 Å². The molecular weight excluding hydrogens is 188 g/mol. The van der Waals surface area contributed by atoms with E-state index in [4.69, 9.17) is 0 Å². The highest BCUT2D eigenvalue weighted by Gasteiger charge is 2.21. The largest absolute Gasteiger partial charge is 0.355 e. The number of hydrogen-bond acceptors (Lipinski definition) is 2. The number of nitrogens with zero attached hydrogens (tertiary/aromatic N) is 1. The molecule has 2 rings (SSSR count). The molecule has 1 saturated heterocycles. The first-order valence-electron chi connectivity index (χ1n) is 5.34. The van der Waals surface area contributed by atoms with E-state index in [1.807, 2.05) is 6.07 Å². The van der Waals surface area contributed by atoms with Gasteiger partial charge in [0.25, 0.3) is 0 Å². The van der Waals surface area contributed by atoms with Gasteiger partial charge in [0.15, 0.2) is 0 Å². The Kier molecular flexibility index (Phi) is 3.35. The Morgan fingerprint density at radius 1 is 1.40 bits per heavy atom. The summed E-state index contributed by atoms with van der Waals surface area (Å²) < 4.78 is 0. The van der Waals surface area contributed by atoms with Crippen LogP contribution in [-0.2, 0) is 11.3 Å². The second-order valence-corrected chi connectivity index (χ2v) is 3.99. The van der Waals surface area contributed by atoms with Crippen LogP contribution in [0, 0.1) is 0 Å². The summed E-state index contributed by atoms with van der Waals surface area (Å²) in [5, 5.41) is 2.84. The van der Waals surface area contributed by atoms with Crippen molar-refractivity contribution in [1.82, 2.24) is 10.2 Å². The highest BCUT2D eigenvalue weighted by Crippen LogP contribution is 2.12. The van der Waals surface area contributed by atoms with Gasteiger partial charge in [-0.1, -0.05) is 30.3 Å². The SMILES string of the molecule is O=CNC1CCN(Cc2ccccc2)C1. The lowest BCUT2D eigenvalue weighted by atomic mass is 10.2. The lowest BCUT2D eigenvalue weighted by Crippen LogP contribution is -2.31. The summed E-state index contributed by atoms with van der Waals surface area (Å²) in [5.41, 5.74) is 1.34. The van der Waals surface area contributed by atoms with E-state index >= 15 is 0 Å². The van der Waals surface area contributed by atoms with Crippen LogP contribution in [0.25, 0.3) is 0 Å². The summed E-state index contributed by atoms with van der Waals surface area (Å²) in [6.45, 7) is 3.02. The van der Waals surface area contributed by atoms with E-state index in [0.717, 1.165) is 32.5 Å². The molecule has 0 aliphatic carbocycles. The molecule has 0 bridgehead atoms. The third-order valence-corrected chi connectivity index (χ3v) is 2.83. The molecule has 1 aliphatic rings. The van der Waals surface area contributed by atoms with Gasteiger partial charge in [0.1, 0.15) is 0 Å². The standard InChI is InChI=1S/C12H16N2O/c15-10-13-12-6-7-14(9-12)8-11-4-2-1-3-5-11/h1-5,10,12H,6-9H2,(H,13,15). The van der Waals surface area contributed by atoms with Gasteiger partial charge in [-0.25, -0.2) is 0 Å². The second kappa shape index (κ2) is 4.94. The van der Waals surface area contributed by atoms with Crippen LogP contribution in [0.1, 0.15) is 12.0 Å². The molecule has 0 aromatic heterocycles. The van der Waals surface area contributed by atoms with Crippen molar-refractivity contribution in [2.45, 2.75) is 19.0 Å². The summed E-state index contributed by atoms with van der Waals surface area (Å²) in [4.78, 5) is 12.7. The van der Waals surface area contributed by atoms with Gasteiger partial charge in [-0.3, -0.25) is 9.69 Å². The van der Waals surface area contributed by atoms with E-state index in [0.29, 0.717) is 6.04 Å². The quantitative estimate of drug-likeness (QED) is 0.742. The third kappa shape index (κ3) is 2.80. The van der Waals surface area contributed by atoms with Gasteiger partial charge in [0.05, 0.1) is 0 Å². The molecule has 1 fully saturated rings. The van der Waals surface area contributed by atoms with Crippen molar-refractivity contribution in [2.24, 2.45) is 0 Å². The smallest absolute Gasteiger partial charge is 0.207 e. The molecule has 80 valence electrons. The van der Waals surface area contributed by atoms with Crippen molar-refractivity contribution >= 4 is 6.41 Å². The van der Waals surface area contributed by atoms with E-state index in [1.54, 1.807) is 0 Å². The molecule has 1 amide bonds. The summed E-state index contributed by atoms with van der Waals surface area (Å²) in [6, 6.07) is 10.8. The summed E-state index contributed by atoms with van der Waals surface area (Å²) in [7, 11) is 0. The highest BCUT2D eigenvalue weighted by molar-refractivity contribution is 5.46. The Bertz CT molecular complexity index is 313. The van der Waals surface area contributed by atoms with Crippen molar-refractivity contribution in [3.05, 3.63) is 35.9 Å². The molecule has 3 heteroatoms. The fraction of sp³-hybridized carbons (Fsp3) is 0.417. The predicted octanol–water partition coefficient (Wildman–Crippen LogP) is 1.01. The number of carbonyl (C=O) groups is 1. The maximum Gasteiger partial charge on any atom is 0.207 e. The van der Waals surface area contributed by atoms with Gasteiger partial charge in [-0.2, -0.15) is 0 Å². The molecule has 0 radical (unpaired) electrons. The first kappa shape index (κ1) is 10.2. The summed E-state index contributed by atoms with van der Waals surface area (Å²) in [6.07, 6.45) is 1.86. The van der Waals surface area contributed by atoms with Crippen molar-refractivity contribution in [3.8, 4) is 0 Å². The average molecular weight is 204 g/mol. The van der Waals surface area contributed by atoms with Crippen molar-refractivity contribution in [1.29, 1.82) is 0 Å². The molecule has 0 spiro atoms. The van der Waals surface area contributed by atoms with Crippen LogP contribution in [0.3, 0.4) is 0 Å². The van der Waals surface area contributed by atoms with Gasteiger partial charge in [-0.05, 0) is 12.0 Å². The molecule has 1 N–H and O–H groups in total. The van der Waals surface area contributed by atoms with Crippen molar-refractivity contribution < 1.29 is 4.79 Å².